The molecule has 1 aromatic carbocycles. The predicted octanol–water partition coefficient (Wildman–Crippen LogP) is 3.58. The molecule has 1 aliphatic rings. The van der Waals surface area contributed by atoms with Crippen LogP contribution in [0.1, 0.15) is 47.2 Å². The highest BCUT2D eigenvalue weighted by Gasteiger charge is 2.29. The predicted molar refractivity (Wildman–Crippen MR) is 119 cm³/mol. The zero-order chi connectivity index (χ0) is 21.8. The second kappa shape index (κ2) is 8.83. The minimum Gasteiger partial charge on any atom is -0.478 e. The molecule has 154 valence electrons. The normalized spacial score (nSPS) is 17.2. The Kier molecular flexibility index (Phi) is 6.22. The number of nitrogens with one attached hydrogen (secondary N) is 1. The Morgan fingerprint density at radius 2 is 2.13 bits per heavy atom. The molecule has 1 aromatic heterocycles. The maximum atomic E-state index is 12.2. The molecule has 2 aromatic rings. The maximum absolute atomic E-state index is 12.2. The number of aryl methyl sites for hydroxylation is 1. The maximum Gasteiger partial charge on any atom is 0.335 e. The molecule has 0 aliphatic heterocycles. The molecule has 3 rings (SSSR count). The Morgan fingerprint density at radius 3 is 2.73 bits per heavy atom. The van der Waals surface area contributed by atoms with Crippen LogP contribution in [0.5, 0.6) is 0 Å². The first-order chi connectivity index (χ1) is 14.3. The fourth-order valence-electron chi connectivity index (χ4n) is 3.70. The van der Waals surface area contributed by atoms with Crippen molar-refractivity contribution in [3.63, 3.8) is 0 Å². The lowest BCUT2D eigenvalue weighted by Crippen LogP contribution is -2.34. The van der Waals surface area contributed by atoms with E-state index in [1.807, 2.05) is 13.0 Å². The summed E-state index contributed by atoms with van der Waals surface area (Å²) in [5.41, 5.74) is 4.19. The van der Waals surface area contributed by atoms with Crippen LogP contribution in [0.4, 0.5) is 5.69 Å². The Labute approximate surface area is 176 Å². The average molecular weight is 403 g/mol. The van der Waals surface area contributed by atoms with E-state index in [1.165, 1.54) is 0 Å². The van der Waals surface area contributed by atoms with Crippen molar-refractivity contribution in [3.8, 4) is 12.3 Å². The third-order valence-corrected chi connectivity index (χ3v) is 5.47. The third kappa shape index (κ3) is 4.20. The highest BCUT2D eigenvalue weighted by atomic mass is 16.4. The summed E-state index contributed by atoms with van der Waals surface area (Å²) in [6.07, 6.45) is 9.84. The van der Waals surface area contributed by atoms with Gasteiger partial charge in [-0.25, -0.2) is 9.78 Å². The molecule has 1 unspecified atom stereocenters. The van der Waals surface area contributed by atoms with Crippen molar-refractivity contribution >= 4 is 17.7 Å². The van der Waals surface area contributed by atoms with Gasteiger partial charge in [0.1, 0.15) is 5.82 Å². The standard InChI is InChI=1S/C24H25N3O3/c1-5-13-27(19-10-7-17(8-11-19)24(29)30)21-12-9-18(15(21)3)14-20-16(4)23(28)26-22(6-2)25-20/h1,7-8,10-11,14,21H,3,6,9,12-13H2,2,4H3,(H,29,30)(H,25,26,28)/b18-14-. The number of carbonyl (C=O) groups is 1. The lowest BCUT2D eigenvalue weighted by molar-refractivity contribution is 0.0697. The molecule has 1 saturated carbocycles. The first-order valence-electron chi connectivity index (χ1n) is 9.88. The fourth-order valence-corrected chi connectivity index (χ4v) is 3.70. The van der Waals surface area contributed by atoms with Gasteiger partial charge in [0.05, 0.1) is 23.8 Å². The molecule has 2 N–H and O–H groups in total. The number of hydrogen-bond acceptors (Lipinski definition) is 4. The largest absolute Gasteiger partial charge is 0.478 e. The lowest BCUT2D eigenvalue weighted by Gasteiger charge is -2.30. The van der Waals surface area contributed by atoms with Gasteiger partial charge >= 0.3 is 5.97 Å². The monoisotopic (exact) mass is 403 g/mol. The Bertz CT molecular complexity index is 1100. The molecule has 0 radical (unpaired) electrons. The van der Waals surface area contributed by atoms with Crippen LogP contribution in [0, 0.1) is 19.3 Å². The number of hydrogen-bond donors (Lipinski definition) is 2. The van der Waals surface area contributed by atoms with Crippen molar-refractivity contribution in [2.45, 2.75) is 39.2 Å². The van der Waals surface area contributed by atoms with Gasteiger partial charge in [-0.2, -0.15) is 0 Å². The highest BCUT2D eigenvalue weighted by molar-refractivity contribution is 5.88. The van der Waals surface area contributed by atoms with Crippen LogP contribution in [0.2, 0.25) is 0 Å². The zero-order valence-electron chi connectivity index (χ0n) is 17.2. The van der Waals surface area contributed by atoms with Crippen molar-refractivity contribution in [3.05, 3.63) is 75.0 Å². The van der Waals surface area contributed by atoms with Crippen LogP contribution in [-0.4, -0.2) is 33.6 Å². The molecule has 1 aliphatic carbocycles. The molecule has 1 fully saturated rings. The van der Waals surface area contributed by atoms with Crippen molar-refractivity contribution < 1.29 is 9.90 Å². The number of aromatic carboxylic acids is 1. The number of terminal acetylenes is 1. The van der Waals surface area contributed by atoms with Crippen LogP contribution in [0.3, 0.4) is 0 Å². The van der Waals surface area contributed by atoms with E-state index >= 15 is 0 Å². The number of benzene rings is 1. The van der Waals surface area contributed by atoms with Crippen LogP contribution < -0.4 is 10.5 Å². The molecule has 30 heavy (non-hydrogen) atoms. The van der Waals surface area contributed by atoms with Crippen LogP contribution in [0.15, 0.2) is 46.8 Å². The molecule has 1 atom stereocenters. The fraction of sp³-hybridized carbons (Fsp3) is 0.292. The number of H-pyrrole nitrogens is 1. The second-order valence-corrected chi connectivity index (χ2v) is 7.31. The van der Waals surface area contributed by atoms with Crippen molar-refractivity contribution in [2.24, 2.45) is 0 Å². The minimum absolute atomic E-state index is 0.00377. The van der Waals surface area contributed by atoms with Gasteiger partial charge in [-0.15, -0.1) is 6.42 Å². The summed E-state index contributed by atoms with van der Waals surface area (Å²) in [5, 5.41) is 9.13. The van der Waals surface area contributed by atoms with E-state index in [2.05, 4.69) is 27.4 Å². The van der Waals surface area contributed by atoms with Gasteiger partial charge in [0, 0.05) is 17.7 Å². The summed E-state index contributed by atoms with van der Waals surface area (Å²) in [4.78, 5) is 32.7. The summed E-state index contributed by atoms with van der Waals surface area (Å²) < 4.78 is 0. The number of carboxylic acid groups (broad SMARTS) is 1. The quantitative estimate of drug-likeness (QED) is 0.720. The van der Waals surface area contributed by atoms with Gasteiger partial charge in [-0.3, -0.25) is 4.79 Å². The molecular formula is C24H25N3O3. The Balaban J connectivity index is 1.91. The third-order valence-electron chi connectivity index (χ3n) is 5.47. The first-order valence-corrected chi connectivity index (χ1v) is 9.88. The van der Waals surface area contributed by atoms with Gasteiger partial charge in [-0.05, 0) is 61.3 Å². The smallest absolute Gasteiger partial charge is 0.335 e. The summed E-state index contributed by atoms with van der Waals surface area (Å²) in [6.45, 7) is 8.39. The van der Waals surface area contributed by atoms with Gasteiger partial charge in [0.15, 0.2) is 0 Å². The minimum atomic E-state index is -0.965. The SMILES string of the molecule is C#CCN(c1ccc(C(=O)O)cc1)C1CC/C(=C/c2nc(CC)[nH]c(=O)c2C)C1=C. The molecule has 0 amide bonds. The average Bonchev–Trinajstić information content (AvgIpc) is 3.09. The summed E-state index contributed by atoms with van der Waals surface area (Å²) >= 11 is 0. The zero-order valence-corrected chi connectivity index (χ0v) is 17.2. The molecule has 6 heteroatoms. The number of carboxylic acids is 1. The van der Waals surface area contributed by atoms with Crippen LogP contribution in [-0.2, 0) is 6.42 Å². The second-order valence-electron chi connectivity index (χ2n) is 7.31. The van der Waals surface area contributed by atoms with Crippen molar-refractivity contribution in [2.75, 3.05) is 11.4 Å². The molecule has 0 bridgehead atoms. The lowest BCUT2D eigenvalue weighted by atomic mass is 10.0. The van der Waals surface area contributed by atoms with Gasteiger partial charge in [0.2, 0.25) is 0 Å². The molecule has 0 saturated heterocycles. The van der Waals surface area contributed by atoms with E-state index in [0.717, 1.165) is 29.7 Å². The summed E-state index contributed by atoms with van der Waals surface area (Å²) in [5.74, 6) is 2.38. The highest BCUT2D eigenvalue weighted by Crippen LogP contribution is 2.36. The first kappa shape index (κ1) is 21.1. The molecule has 6 nitrogen and oxygen atoms in total. The number of aromatic nitrogens is 2. The van der Waals surface area contributed by atoms with E-state index in [9.17, 15) is 9.59 Å². The number of nitrogens with zero attached hydrogens (tertiary/aromatic N) is 2. The van der Waals surface area contributed by atoms with Gasteiger partial charge < -0.3 is 15.0 Å². The van der Waals surface area contributed by atoms with Crippen LogP contribution >= 0.6 is 0 Å². The number of aromatic amines is 1. The summed E-state index contributed by atoms with van der Waals surface area (Å²) in [7, 11) is 0. The van der Waals surface area contributed by atoms with Gasteiger partial charge in [-0.1, -0.05) is 19.4 Å². The van der Waals surface area contributed by atoms with E-state index in [-0.39, 0.29) is 17.2 Å². The topological polar surface area (TPSA) is 86.3 Å². The molecule has 1 heterocycles. The number of anilines is 1. The van der Waals surface area contributed by atoms with Crippen molar-refractivity contribution in [1.29, 1.82) is 0 Å². The Morgan fingerprint density at radius 1 is 1.43 bits per heavy atom. The van der Waals surface area contributed by atoms with Crippen molar-refractivity contribution in [1.82, 2.24) is 9.97 Å². The van der Waals surface area contributed by atoms with E-state index in [4.69, 9.17) is 11.5 Å². The molecular weight excluding hydrogens is 378 g/mol. The van der Waals surface area contributed by atoms with Gasteiger partial charge in [0.25, 0.3) is 5.56 Å². The van der Waals surface area contributed by atoms with Crippen LogP contribution in [0.25, 0.3) is 6.08 Å². The van der Waals surface area contributed by atoms with E-state index < -0.39 is 5.97 Å². The van der Waals surface area contributed by atoms with E-state index in [0.29, 0.717) is 30.0 Å². The Hall–Kier alpha value is -3.59. The number of rotatable bonds is 6. The molecule has 0 spiro atoms. The van der Waals surface area contributed by atoms with E-state index in [1.54, 1.807) is 31.2 Å². The summed E-state index contributed by atoms with van der Waals surface area (Å²) in [6, 6.07) is 6.69.